The number of nitrogens with two attached hydrogens (primary N) is 1. The van der Waals surface area contributed by atoms with Crippen molar-refractivity contribution >= 4 is 17.0 Å². The van der Waals surface area contributed by atoms with Crippen molar-refractivity contribution in [1.82, 2.24) is 9.55 Å². The standard InChI is InChI=1S/C19H21N3O3/c1-12-21-15-8-9-16(17(19(23)24)18(15)22(12)2)25-11-14(20)10-13-6-4-3-5-7-13/h3-9,14H,10-11,20H2,1-2H3,(H,23,24)/t14-/m1/s1. The van der Waals surface area contributed by atoms with E-state index in [0.29, 0.717) is 23.2 Å². The summed E-state index contributed by atoms with van der Waals surface area (Å²) >= 11 is 0. The van der Waals surface area contributed by atoms with Crippen LogP contribution in [0.25, 0.3) is 11.0 Å². The lowest BCUT2D eigenvalue weighted by atomic mass is 10.1. The molecule has 3 aromatic rings. The summed E-state index contributed by atoms with van der Waals surface area (Å²) in [5, 5.41) is 9.65. The lowest BCUT2D eigenvalue weighted by Crippen LogP contribution is -2.30. The molecule has 1 aromatic heterocycles. The maximum atomic E-state index is 11.8. The fourth-order valence-corrected chi connectivity index (χ4v) is 2.90. The molecule has 0 spiro atoms. The van der Waals surface area contributed by atoms with E-state index >= 15 is 0 Å². The third-order valence-corrected chi connectivity index (χ3v) is 4.23. The first kappa shape index (κ1) is 17.0. The maximum absolute atomic E-state index is 11.8. The van der Waals surface area contributed by atoms with Crippen LogP contribution < -0.4 is 10.5 Å². The van der Waals surface area contributed by atoms with Gasteiger partial charge in [0.1, 0.15) is 23.7 Å². The van der Waals surface area contributed by atoms with Crippen LogP contribution in [-0.2, 0) is 13.5 Å². The van der Waals surface area contributed by atoms with Crippen molar-refractivity contribution < 1.29 is 14.6 Å². The Hall–Kier alpha value is -2.86. The molecule has 0 aliphatic carbocycles. The Balaban J connectivity index is 1.82. The molecule has 0 unspecified atom stereocenters. The fourth-order valence-electron chi connectivity index (χ4n) is 2.90. The van der Waals surface area contributed by atoms with Crippen molar-refractivity contribution in [3.8, 4) is 5.75 Å². The fraction of sp³-hybridized carbons (Fsp3) is 0.263. The number of aryl methyl sites for hydroxylation is 2. The van der Waals surface area contributed by atoms with E-state index in [1.807, 2.05) is 37.3 Å². The number of aromatic nitrogens is 2. The normalized spacial score (nSPS) is 12.3. The number of rotatable bonds is 6. The van der Waals surface area contributed by atoms with E-state index in [1.165, 1.54) is 0 Å². The van der Waals surface area contributed by atoms with Crippen molar-refractivity contribution in [3.63, 3.8) is 0 Å². The molecule has 1 atom stereocenters. The van der Waals surface area contributed by atoms with Gasteiger partial charge in [-0.25, -0.2) is 9.78 Å². The molecule has 0 amide bonds. The first-order chi connectivity index (χ1) is 12.0. The zero-order chi connectivity index (χ0) is 18.0. The molecule has 130 valence electrons. The first-order valence-corrected chi connectivity index (χ1v) is 8.09. The molecule has 6 heteroatoms. The number of ether oxygens (including phenoxy) is 1. The van der Waals surface area contributed by atoms with E-state index in [2.05, 4.69) is 4.98 Å². The van der Waals surface area contributed by atoms with Crippen LogP contribution in [0.1, 0.15) is 21.7 Å². The average molecular weight is 339 g/mol. The second-order valence-electron chi connectivity index (χ2n) is 6.09. The van der Waals surface area contributed by atoms with Crippen LogP contribution >= 0.6 is 0 Å². The molecular formula is C19H21N3O3. The highest BCUT2D eigenvalue weighted by Crippen LogP contribution is 2.28. The van der Waals surface area contributed by atoms with E-state index in [1.54, 1.807) is 23.7 Å². The van der Waals surface area contributed by atoms with Crippen molar-refractivity contribution in [2.75, 3.05) is 6.61 Å². The van der Waals surface area contributed by atoms with Gasteiger partial charge < -0.3 is 20.1 Å². The molecule has 25 heavy (non-hydrogen) atoms. The van der Waals surface area contributed by atoms with E-state index in [-0.39, 0.29) is 18.2 Å². The van der Waals surface area contributed by atoms with Crippen LogP contribution in [0.4, 0.5) is 0 Å². The molecule has 2 aromatic carbocycles. The smallest absolute Gasteiger partial charge is 0.341 e. The minimum atomic E-state index is -1.04. The molecule has 0 radical (unpaired) electrons. The third kappa shape index (κ3) is 3.49. The van der Waals surface area contributed by atoms with Crippen molar-refractivity contribution in [2.24, 2.45) is 12.8 Å². The second-order valence-corrected chi connectivity index (χ2v) is 6.09. The van der Waals surface area contributed by atoms with Crippen LogP contribution in [0.15, 0.2) is 42.5 Å². The highest BCUT2D eigenvalue weighted by Gasteiger charge is 2.20. The van der Waals surface area contributed by atoms with Gasteiger partial charge in [0.25, 0.3) is 0 Å². The van der Waals surface area contributed by atoms with Gasteiger partial charge in [-0.1, -0.05) is 30.3 Å². The number of nitrogens with zero attached hydrogens (tertiary/aromatic N) is 2. The summed E-state index contributed by atoms with van der Waals surface area (Å²) in [6.07, 6.45) is 0.663. The van der Waals surface area contributed by atoms with E-state index in [9.17, 15) is 9.90 Å². The number of benzene rings is 2. The summed E-state index contributed by atoms with van der Waals surface area (Å²) in [7, 11) is 1.79. The predicted octanol–water partition coefficient (Wildman–Crippen LogP) is 2.53. The van der Waals surface area contributed by atoms with Gasteiger partial charge in [0.15, 0.2) is 0 Å². The molecule has 6 nitrogen and oxygen atoms in total. The second kappa shape index (κ2) is 6.94. The van der Waals surface area contributed by atoms with Gasteiger partial charge in [0, 0.05) is 13.1 Å². The summed E-state index contributed by atoms with van der Waals surface area (Å²) < 4.78 is 7.52. The Morgan fingerprint density at radius 2 is 2.00 bits per heavy atom. The van der Waals surface area contributed by atoms with Gasteiger partial charge in [0.05, 0.1) is 11.0 Å². The van der Waals surface area contributed by atoms with Crippen molar-refractivity contribution in [2.45, 2.75) is 19.4 Å². The predicted molar refractivity (Wildman–Crippen MR) is 96.0 cm³/mol. The zero-order valence-corrected chi connectivity index (χ0v) is 14.3. The number of carboxylic acids is 1. The Labute approximate surface area is 145 Å². The number of hydrogen-bond donors (Lipinski definition) is 2. The zero-order valence-electron chi connectivity index (χ0n) is 14.3. The highest BCUT2D eigenvalue weighted by molar-refractivity contribution is 6.04. The van der Waals surface area contributed by atoms with Gasteiger partial charge in [-0.05, 0) is 31.0 Å². The Morgan fingerprint density at radius 3 is 2.68 bits per heavy atom. The monoisotopic (exact) mass is 339 g/mol. The van der Waals surface area contributed by atoms with E-state index in [4.69, 9.17) is 10.5 Å². The van der Waals surface area contributed by atoms with Crippen LogP contribution in [0, 0.1) is 6.92 Å². The van der Waals surface area contributed by atoms with E-state index < -0.39 is 5.97 Å². The van der Waals surface area contributed by atoms with Gasteiger partial charge in [-0.2, -0.15) is 0 Å². The minimum absolute atomic E-state index is 0.118. The highest BCUT2D eigenvalue weighted by atomic mass is 16.5. The summed E-state index contributed by atoms with van der Waals surface area (Å²) in [5.74, 6) is 0.0159. The Bertz CT molecular complexity index is 903. The number of carboxylic acid groups (broad SMARTS) is 1. The lowest BCUT2D eigenvalue weighted by Gasteiger charge is -2.15. The average Bonchev–Trinajstić information content (AvgIpc) is 2.88. The molecule has 0 aliphatic heterocycles. The largest absolute Gasteiger partial charge is 0.491 e. The van der Waals surface area contributed by atoms with Crippen LogP contribution in [-0.4, -0.2) is 33.3 Å². The van der Waals surface area contributed by atoms with Gasteiger partial charge in [0.2, 0.25) is 0 Å². The van der Waals surface area contributed by atoms with Crippen LogP contribution in [0.3, 0.4) is 0 Å². The van der Waals surface area contributed by atoms with Crippen LogP contribution in [0.5, 0.6) is 5.75 Å². The topological polar surface area (TPSA) is 90.4 Å². The lowest BCUT2D eigenvalue weighted by molar-refractivity contribution is 0.0693. The van der Waals surface area contributed by atoms with Gasteiger partial charge in [-0.15, -0.1) is 0 Å². The van der Waals surface area contributed by atoms with Gasteiger partial charge in [-0.3, -0.25) is 0 Å². The summed E-state index contributed by atoms with van der Waals surface area (Å²) in [4.78, 5) is 16.1. The molecule has 3 N–H and O–H groups in total. The summed E-state index contributed by atoms with van der Waals surface area (Å²) in [6.45, 7) is 2.07. The molecule has 0 bridgehead atoms. The van der Waals surface area contributed by atoms with Crippen molar-refractivity contribution in [3.05, 3.63) is 59.4 Å². The third-order valence-electron chi connectivity index (χ3n) is 4.23. The molecule has 3 rings (SSSR count). The number of aromatic carboxylic acids is 1. The number of imidazole rings is 1. The number of hydrogen-bond acceptors (Lipinski definition) is 4. The molecule has 1 heterocycles. The summed E-state index contributed by atoms with van der Waals surface area (Å²) in [5.41, 5.74) is 8.57. The Morgan fingerprint density at radius 1 is 1.28 bits per heavy atom. The number of carbonyl (C=O) groups is 1. The van der Waals surface area contributed by atoms with Crippen molar-refractivity contribution in [1.29, 1.82) is 0 Å². The first-order valence-electron chi connectivity index (χ1n) is 8.09. The quantitative estimate of drug-likeness (QED) is 0.720. The minimum Gasteiger partial charge on any atom is -0.491 e. The molecule has 0 aliphatic rings. The maximum Gasteiger partial charge on any atom is 0.341 e. The Kier molecular flexibility index (Phi) is 4.72. The molecule has 0 saturated carbocycles. The van der Waals surface area contributed by atoms with Gasteiger partial charge >= 0.3 is 5.97 Å². The molecular weight excluding hydrogens is 318 g/mol. The molecule has 0 fully saturated rings. The number of fused-ring (bicyclic) bond motifs is 1. The van der Waals surface area contributed by atoms with E-state index in [0.717, 1.165) is 11.4 Å². The SMILES string of the molecule is Cc1nc2ccc(OC[C@H](N)Cc3ccccc3)c(C(=O)O)c2n1C. The molecule has 0 saturated heterocycles. The summed E-state index contributed by atoms with van der Waals surface area (Å²) in [6, 6.07) is 13.1. The van der Waals surface area contributed by atoms with Crippen LogP contribution in [0.2, 0.25) is 0 Å².